The molecule has 1 aromatic rings. The second-order valence-electron chi connectivity index (χ2n) is 5.50. The normalized spacial score (nSPS) is 10.5. The van der Waals surface area contributed by atoms with Crippen LogP contribution in [0.5, 0.6) is 5.75 Å². The number of hydrogen-bond acceptors (Lipinski definition) is 3. The van der Waals surface area contributed by atoms with Crippen molar-refractivity contribution in [3.8, 4) is 5.75 Å². The molecule has 22 heavy (non-hydrogen) atoms. The Bertz CT molecular complexity index is 482. The van der Waals surface area contributed by atoms with Crippen LogP contribution in [0.3, 0.4) is 0 Å². The highest BCUT2D eigenvalue weighted by molar-refractivity contribution is 5.81. The topological polar surface area (TPSA) is 66.8 Å². The Balaban J connectivity index is 2.53. The van der Waals surface area contributed by atoms with E-state index >= 15 is 0 Å². The number of hydrogen-bond donors (Lipinski definition) is 1. The minimum atomic E-state index is -0.987. The van der Waals surface area contributed by atoms with Crippen LogP contribution < -0.4 is 4.74 Å². The summed E-state index contributed by atoms with van der Waals surface area (Å²) in [6.45, 7) is 6.13. The quantitative estimate of drug-likeness (QED) is 0.762. The minimum absolute atomic E-state index is 0.117. The van der Waals surface area contributed by atoms with Crippen molar-refractivity contribution in [2.45, 2.75) is 46.1 Å². The first-order valence-electron chi connectivity index (χ1n) is 7.67. The van der Waals surface area contributed by atoms with Crippen LogP contribution in [-0.2, 0) is 16.0 Å². The number of carbonyl (C=O) groups excluding carboxylic acids is 1. The molecular weight excluding hydrogens is 282 g/mol. The summed E-state index contributed by atoms with van der Waals surface area (Å²) < 4.78 is 5.51. The molecule has 0 spiro atoms. The van der Waals surface area contributed by atoms with Crippen molar-refractivity contribution in [3.05, 3.63) is 29.8 Å². The summed E-state index contributed by atoms with van der Waals surface area (Å²) in [4.78, 5) is 24.3. The van der Waals surface area contributed by atoms with Crippen molar-refractivity contribution in [2.24, 2.45) is 0 Å². The van der Waals surface area contributed by atoms with E-state index in [4.69, 9.17) is 9.84 Å². The molecule has 0 aliphatic heterocycles. The van der Waals surface area contributed by atoms with Gasteiger partial charge in [0, 0.05) is 12.5 Å². The number of aliphatic carboxylic acids is 1. The molecule has 5 heteroatoms. The largest absolute Gasteiger partial charge is 0.494 e. The fraction of sp³-hybridized carbons (Fsp3) is 0.529. The van der Waals surface area contributed by atoms with Gasteiger partial charge in [0.2, 0.25) is 5.91 Å². The summed E-state index contributed by atoms with van der Waals surface area (Å²) in [5.74, 6) is -0.296. The smallest absolute Gasteiger partial charge is 0.323 e. The van der Waals surface area contributed by atoms with Crippen molar-refractivity contribution in [1.82, 2.24) is 4.90 Å². The first-order valence-corrected chi connectivity index (χ1v) is 7.67. The van der Waals surface area contributed by atoms with Crippen LogP contribution in [-0.4, -0.2) is 41.1 Å². The van der Waals surface area contributed by atoms with Gasteiger partial charge in [0.05, 0.1) is 6.61 Å². The molecule has 0 aliphatic rings. The molecular formula is C17H25NO4. The van der Waals surface area contributed by atoms with E-state index < -0.39 is 5.97 Å². The third-order valence-electron chi connectivity index (χ3n) is 3.27. The number of carbonyl (C=O) groups is 2. The van der Waals surface area contributed by atoms with Gasteiger partial charge in [-0.15, -0.1) is 0 Å². The van der Waals surface area contributed by atoms with Crippen molar-refractivity contribution < 1.29 is 19.4 Å². The third-order valence-corrected chi connectivity index (χ3v) is 3.27. The molecule has 1 amide bonds. The van der Waals surface area contributed by atoms with E-state index in [1.165, 1.54) is 4.90 Å². The van der Waals surface area contributed by atoms with Crippen LogP contribution in [0, 0.1) is 0 Å². The minimum Gasteiger partial charge on any atom is -0.494 e. The summed E-state index contributed by atoms with van der Waals surface area (Å²) in [6, 6.07) is 7.55. The van der Waals surface area contributed by atoms with Gasteiger partial charge in [-0.25, -0.2) is 0 Å². The fourth-order valence-corrected chi connectivity index (χ4v) is 2.07. The van der Waals surface area contributed by atoms with Crippen LogP contribution in [0.25, 0.3) is 0 Å². The van der Waals surface area contributed by atoms with Crippen molar-refractivity contribution in [3.63, 3.8) is 0 Å². The Morgan fingerprint density at radius 2 is 1.86 bits per heavy atom. The van der Waals surface area contributed by atoms with Crippen LogP contribution in [0.2, 0.25) is 0 Å². The zero-order valence-electron chi connectivity index (χ0n) is 13.5. The SMILES string of the molecule is CCCOc1ccc(CCC(=O)N(CC(=O)O)C(C)C)cc1. The maximum absolute atomic E-state index is 12.1. The van der Waals surface area contributed by atoms with E-state index in [9.17, 15) is 9.59 Å². The standard InChI is InChI=1S/C17H25NO4/c1-4-11-22-15-8-5-14(6-9-15)7-10-16(19)18(13(2)3)12-17(20)21/h5-6,8-9,13H,4,7,10-12H2,1-3H3,(H,20,21). The van der Waals surface area contributed by atoms with Gasteiger partial charge < -0.3 is 14.7 Å². The van der Waals surface area contributed by atoms with Crippen LogP contribution in [0.1, 0.15) is 39.2 Å². The molecule has 122 valence electrons. The molecule has 0 unspecified atom stereocenters. The monoisotopic (exact) mass is 307 g/mol. The number of amides is 1. The van der Waals surface area contributed by atoms with Crippen molar-refractivity contribution in [1.29, 1.82) is 0 Å². The van der Waals surface area contributed by atoms with E-state index in [1.807, 2.05) is 38.1 Å². The average molecular weight is 307 g/mol. The molecule has 0 radical (unpaired) electrons. The van der Waals surface area contributed by atoms with Gasteiger partial charge in [-0.05, 0) is 44.4 Å². The zero-order chi connectivity index (χ0) is 16.5. The van der Waals surface area contributed by atoms with Crippen molar-refractivity contribution in [2.75, 3.05) is 13.2 Å². The lowest BCUT2D eigenvalue weighted by Crippen LogP contribution is -2.40. The van der Waals surface area contributed by atoms with Gasteiger partial charge in [0.1, 0.15) is 12.3 Å². The molecule has 5 nitrogen and oxygen atoms in total. The van der Waals surface area contributed by atoms with Crippen LogP contribution in [0.4, 0.5) is 0 Å². The molecule has 0 fully saturated rings. The predicted octanol–water partition coefficient (Wildman–Crippen LogP) is 2.73. The summed E-state index contributed by atoms with van der Waals surface area (Å²) in [6.07, 6.45) is 1.86. The number of ether oxygens (including phenoxy) is 1. The molecule has 0 heterocycles. The molecule has 0 saturated heterocycles. The van der Waals surface area contributed by atoms with Gasteiger partial charge in [-0.1, -0.05) is 19.1 Å². The number of carboxylic acids is 1. The van der Waals surface area contributed by atoms with Gasteiger partial charge >= 0.3 is 5.97 Å². The lowest BCUT2D eigenvalue weighted by atomic mass is 10.1. The molecule has 0 atom stereocenters. The Kier molecular flexibility index (Phi) is 7.43. The Morgan fingerprint density at radius 1 is 1.23 bits per heavy atom. The maximum atomic E-state index is 12.1. The van der Waals surface area contributed by atoms with Crippen molar-refractivity contribution >= 4 is 11.9 Å². The molecule has 0 aromatic heterocycles. The number of aryl methyl sites for hydroxylation is 1. The van der Waals surface area contributed by atoms with E-state index in [0.29, 0.717) is 19.4 Å². The summed E-state index contributed by atoms with van der Waals surface area (Å²) in [5.41, 5.74) is 1.04. The molecule has 0 saturated carbocycles. The van der Waals surface area contributed by atoms with E-state index in [1.54, 1.807) is 0 Å². The first-order chi connectivity index (χ1) is 10.4. The lowest BCUT2D eigenvalue weighted by Gasteiger charge is -2.24. The highest BCUT2D eigenvalue weighted by atomic mass is 16.5. The van der Waals surface area contributed by atoms with Gasteiger partial charge in [0.25, 0.3) is 0 Å². The number of nitrogens with zero attached hydrogens (tertiary/aromatic N) is 1. The summed E-state index contributed by atoms with van der Waals surface area (Å²) >= 11 is 0. The first kappa shape index (κ1) is 18.0. The van der Waals surface area contributed by atoms with Gasteiger partial charge in [-0.3, -0.25) is 9.59 Å². The molecule has 0 bridgehead atoms. The lowest BCUT2D eigenvalue weighted by molar-refractivity contribution is -0.145. The second kappa shape index (κ2) is 9.07. The molecule has 1 rings (SSSR count). The molecule has 0 aliphatic carbocycles. The summed E-state index contributed by atoms with van der Waals surface area (Å²) in [7, 11) is 0. The van der Waals surface area contributed by atoms with E-state index in [0.717, 1.165) is 17.7 Å². The molecule has 1 N–H and O–H groups in total. The van der Waals surface area contributed by atoms with Gasteiger partial charge in [0.15, 0.2) is 0 Å². The highest BCUT2D eigenvalue weighted by Gasteiger charge is 2.19. The van der Waals surface area contributed by atoms with Gasteiger partial charge in [-0.2, -0.15) is 0 Å². The second-order valence-corrected chi connectivity index (χ2v) is 5.50. The maximum Gasteiger partial charge on any atom is 0.323 e. The summed E-state index contributed by atoms with van der Waals surface area (Å²) in [5, 5.41) is 8.86. The number of carboxylic acid groups (broad SMARTS) is 1. The molecule has 1 aromatic carbocycles. The Hall–Kier alpha value is -2.04. The average Bonchev–Trinajstić information content (AvgIpc) is 2.48. The third kappa shape index (κ3) is 6.16. The fourth-order valence-electron chi connectivity index (χ4n) is 2.07. The Labute approximate surface area is 131 Å². The number of benzene rings is 1. The van der Waals surface area contributed by atoms with E-state index in [-0.39, 0.29) is 18.5 Å². The van der Waals surface area contributed by atoms with Crippen LogP contribution in [0.15, 0.2) is 24.3 Å². The van der Waals surface area contributed by atoms with Crippen LogP contribution >= 0.6 is 0 Å². The zero-order valence-corrected chi connectivity index (χ0v) is 13.5. The highest BCUT2D eigenvalue weighted by Crippen LogP contribution is 2.14. The Morgan fingerprint density at radius 3 is 2.36 bits per heavy atom. The van der Waals surface area contributed by atoms with E-state index in [2.05, 4.69) is 6.92 Å². The predicted molar refractivity (Wildman–Crippen MR) is 85.0 cm³/mol. The number of rotatable bonds is 9.